The van der Waals surface area contributed by atoms with Gasteiger partial charge >= 0.3 is 0 Å². The Morgan fingerprint density at radius 2 is 1.79 bits per heavy atom. The second kappa shape index (κ2) is 7.53. The smallest absolute Gasteiger partial charge is 0.253 e. The number of carbonyl (C=O) groups is 1. The standard InChI is InChI=1S/C17H15FN4OS/c1-10-8-11(5-7-15(10)19-2)21-17(24)22-12-4-6-13(14(18)9-12)16(23)20-3/h4-9H,1,3H3,(H,20,23)(H2,21,22,24). The Morgan fingerprint density at radius 3 is 2.33 bits per heavy atom. The van der Waals surface area contributed by atoms with Crippen molar-refractivity contribution in [2.75, 3.05) is 17.7 Å². The maximum atomic E-state index is 13.9. The van der Waals surface area contributed by atoms with Gasteiger partial charge in [0, 0.05) is 18.4 Å². The van der Waals surface area contributed by atoms with Gasteiger partial charge in [0.1, 0.15) is 5.82 Å². The van der Waals surface area contributed by atoms with Gasteiger partial charge in [0.05, 0.1) is 12.1 Å². The highest BCUT2D eigenvalue weighted by Crippen LogP contribution is 2.22. The fourth-order valence-electron chi connectivity index (χ4n) is 2.06. The van der Waals surface area contributed by atoms with E-state index in [9.17, 15) is 9.18 Å². The van der Waals surface area contributed by atoms with Gasteiger partial charge in [0.15, 0.2) is 10.8 Å². The van der Waals surface area contributed by atoms with Gasteiger partial charge in [-0.1, -0.05) is 6.07 Å². The molecule has 122 valence electrons. The SMILES string of the molecule is [C-]#[N+]c1ccc(NC(=S)Nc2ccc(C(=O)NC)c(F)c2)cc1C. The molecule has 0 atom stereocenters. The van der Waals surface area contributed by atoms with Gasteiger partial charge in [-0.3, -0.25) is 4.79 Å². The zero-order valence-electron chi connectivity index (χ0n) is 13.1. The van der Waals surface area contributed by atoms with Crippen LogP contribution in [0.5, 0.6) is 0 Å². The number of anilines is 2. The van der Waals surface area contributed by atoms with Gasteiger partial charge in [0.2, 0.25) is 0 Å². The molecule has 1 amide bonds. The van der Waals surface area contributed by atoms with Crippen molar-refractivity contribution in [3.63, 3.8) is 0 Å². The summed E-state index contributed by atoms with van der Waals surface area (Å²) in [4.78, 5) is 14.9. The van der Waals surface area contributed by atoms with E-state index in [1.54, 1.807) is 24.3 Å². The minimum Gasteiger partial charge on any atom is -0.355 e. The third-order valence-corrected chi connectivity index (χ3v) is 3.48. The molecule has 0 aliphatic heterocycles. The Morgan fingerprint density at radius 1 is 1.17 bits per heavy atom. The molecule has 0 aliphatic carbocycles. The number of hydrogen-bond acceptors (Lipinski definition) is 2. The Hall–Kier alpha value is -2.98. The molecular weight excluding hydrogens is 327 g/mol. The van der Waals surface area contributed by atoms with E-state index in [1.165, 1.54) is 19.2 Å². The summed E-state index contributed by atoms with van der Waals surface area (Å²) in [6, 6.07) is 9.39. The molecular formula is C17H15FN4OS. The van der Waals surface area contributed by atoms with E-state index < -0.39 is 11.7 Å². The van der Waals surface area contributed by atoms with Gasteiger partial charge in [-0.2, -0.15) is 0 Å². The van der Waals surface area contributed by atoms with Gasteiger partial charge in [-0.15, -0.1) is 0 Å². The summed E-state index contributed by atoms with van der Waals surface area (Å²) in [5.74, 6) is -1.13. The van der Waals surface area contributed by atoms with Crippen LogP contribution in [0.1, 0.15) is 15.9 Å². The van der Waals surface area contributed by atoms with Gasteiger partial charge < -0.3 is 16.0 Å². The lowest BCUT2D eigenvalue weighted by molar-refractivity contribution is 0.0959. The predicted octanol–water partition coefficient (Wildman–Crippen LogP) is 3.85. The Kier molecular flexibility index (Phi) is 5.45. The number of halogens is 1. The predicted molar refractivity (Wildman–Crippen MR) is 97.1 cm³/mol. The summed E-state index contributed by atoms with van der Waals surface area (Å²) in [5, 5.41) is 8.46. The summed E-state index contributed by atoms with van der Waals surface area (Å²) >= 11 is 5.19. The summed E-state index contributed by atoms with van der Waals surface area (Å²) in [6.45, 7) is 8.86. The highest BCUT2D eigenvalue weighted by Gasteiger charge is 2.11. The van der Waals surface area contributed by atoms with E-state index in [0.717, 1.165) is 11.3 Å². The van der Waals surface area contributed by atoms with E-state index in [4.69, 9.17) is 18.8 Å². The molecule has 0 unspecified atom stereocenters. The van der Waals surface area contributed by atoms with E-state index in [1.807, 2.05) is 6.92 Å². The second-order valence-corrected chi connectivity index (χ2v) is 5.37. The van der Waals surface area contributed by atoms with Crippen LogP contribution in [-0.2, 0) is 0 Å². The van der Waals surface area contributed by atoms with E-state index in [2.05, 4.69) is 20.8 Å². The van der Waals surface area contributed by atoms with Crippen molar-refractivity contribution >= 4 is 40.3 Å². The van der Waals surface area contributed by atoms with Crippen LogP contribution >= 0.6 is 12.2 Å². The van der Waals surface area contributed by atoms with Crippen LogP contribution in [0.3, 0.4) is 0 Å². The third kappa shape index (κ3) is 4.06. The molecule has 0 radical (unpaired) electrons. The summed E-state index contributed by atoms with van der Waals surface area (Å²) in [6.07, 6.45) is 0. The van der Waals surface area contributed by atoms with Crippen molar-refractivity contribution in [3.8, 4) is 0 Å². The zero-order chi connectivity index (χ0) is 17.7. The van der Waals surface area contributed by atoms with Crippen LogP contribution in [0.15, 0.2) is 36.4 Å². The number of rotatable bonds is 3. The minimum absolute atomic E-state index is 0.0349. The molecule has 2 aromatic carbocycles. The molecule has 24 heavy (non-hydrogen) atoms. The number of aryl methyl sites for hydroxylation is 1. The monoisotopic (exact) mass is 342 g/mol. The Balaban J connectivity index is 2.07. The largest absolute Gasteiger partial charge is 0.355 e. The van der Waals surface area contributed by atoms with Crippen LogP contribution in [0.4, 0.5) is 21.5 Å². The molecule has 2 aromatic rings. The average Bonchev–Trinajstić information content (AvgIpc) is 2.54. The fraction of sp³-hybridized carbons (Fsp3) is 0.118. The molecule has 0 spiro atoms. The summed E-state index contributed by atoms with van der Waals surface area (Å²) in [5.41, 5.74) is 2.52. The number of thiocarbonyl (C=S) groups is 1. The van der Waals surface area contributed by atoms with Crippen LogP contribution in [-0.4, -0.2) is 18.1 Å². The number of benzene rings is 2. The number of nitrogens with zero attached hydrogens (tertiary/aromatic N) is 1. The quantitative estimate of drug-likeness (QED) is 0.586. The van der Waals surface area contributed by atoms with Crippen molar-refractivity contribution in [1.82, 2.24) is 5.32 Å². The number of nitrogens with one attached hydrogen (secondary N) is 3. The molecule has 2 rings (SSSR count). The lowest BCUT2D eigenvalue weighted by Gasteiger charge is -2.12. The second-order valence-electron chi connectivity index (χ2n) is 4.97. The highest BCUT2D eigenvalue weighted by molar-refractivity contribution is 7.80. The topological polar surface area (TPSA) is 57.5 Å². The normalized spacial score (nSPS) is 9.75. The van der Waals surface area contributed by atoms with Crippen LogP contribution in [0.25, 0.3) is 4.85 Å². The van der Waals surface area contributed by atoms with Gasteiger partial charge in [-0.25, -0.2) is 9.24 Å². The molecule has 7 heteroatoms. The van der Waals surface area contributed by atoms with E-state index in [-0.39, 0.29) is 10.7 Å². The first-order valence-corrected chi connectivity index (χ1v) is 7.43. The van der Waals surface area contributed by atoms with Crippen LogP contribution in [0.2, 0.25) is 0 Å². The first-order chi connectivity index (χ1) is 11.4. The summed E-state index contributed by atoms with van der Waals surface area (Å²) in [7, 11) is 1.44. The molecule has 0 aliphatic rings. The molecule has 0 bridgehead atoms. The van der Waals surface area contributed by atoms with Crippen molar-refractivity contribution in [2.24, 2.45) is 0 Å². The maximum absolute atomic E-state index is 13.9. The van der Waals surface area contributed by atoms with Gasteiger partial charge in [-0.05, 0) is 55.0 Å². The zero-order valence-corrected chi connectivity index (χ0v) is 13.9. The van der Waals surface area contributed by atoms with E-state index in [0.29, 0.717) is 11.4 Å². The van der Waals surface area contributed by atoms with Crippen LogP contribution < -0.4 is 16.0 Å². The van der Waals surface area contributed by atoms with Crippen LogP contribution in [0, 0.1) is 19.3 Å². The summed E-state index contributed by atoms with van der Waals surface area (Å²) < 4.78 is 13.9. The third-order valence-electron chi connectivity index (χ3n) is 3.27. The minimum atomic E-state index is -0.639. The fourth-order valence-corrected chi connectivity index (χ4v) is 2.30. The molecule has 0 aromatic heterocycles. The molecule has 0 saturated heterocycles. The van der Waals surface area contributed by atoms with Crippen molar-refractivity contribution in [3.05, 3.63) is 64.8 Å². The van der Waals surface area contributed by atoms with Crippen molar-refractivity contribution in [1.29, 1.82) is 0 Å². The lowest BCUT2D eigenvalue weighted by atomic mass is 10.2. The molecule has 3 N–H and O–H groups in total. The first-order valence-electron chi connectivity index (χ1n) is 7.02. The first kappa shape index (κ1) is 17.4. The number of amides is 1. The van der Waals surface area contributed by atoms with Crippen molar-refractivity contribution < 1.29 is 9.18 Å². The Labute approximate surface area is 144 Å². The maximum Gasteiger partial charge on any atom is 0.253 e. The Bertz CT molecular complexity index is 845. The van der Waals surface area contributed by atoms with E-state index >= 15 is 0 Å². The lowest BCUT2D eigenvalue weighted by Crippen LogP contribution is -2.21. The molecule has 0 heterocycles. The van der Waals surface area contributed by atoms with Crippen molar-refractivity contribution in [2.45, 2.75) is 6.92 Å². The average molecular weight is 342 g/mol. The number of carbonyl (C=O) groups excluding carboxylic acids is 1. The molecule has 0 fully saturated rings. The molecule has 5 nitrogen and oxygen atoms in total. The van der Waals surface area contributed by atoms with Gasteiger partial charge in [0.25, 0.3) is 5.91 Å². The highest BCUT2D eigenvalue weighted by atomic mass is 32.1. The number of hydrogen-bond donors (Lipinski definition) is 3. The molecule has 0 saturated carbocycles.